The molecule has 1 aromatic heterocycles. The zero-order valence-electron chi connectivity index (χ0n) is 20.3. The summed E-state index contributed by atoms with van der Waals surface area (Å²) in [6.45, 7) is 4.10. The molecule has 0 fully saturated rings. The fourth-order valence-electron chi connectivity index (χ4n) is 3.68. The molecule has 0 atom stereocenters. The Morgan fingerprint density at radius 1 is 0.829 bits per heavy atom. The van der Waals surface area contributed by atoms with Gasteiger partial charge in [-0.1, -0.05) is 17.7 Å². The molecule has 0 aliphatic carbocycles. The van der Waals surface area contributed by atoms with Crippen molar-refractivity contribution < 1.29 is 23.4 Å². The molecule has 4 aromatic rings. The van der Waals surface area contributed by atoms with Crippen LogP contribution in [0.3, 0.4) is 0 Å². The predicted molar refractivity (Wildman–Crippen MR) is 136 cm³/mol. The van der Waals surface area contributed by atoms with Crippen LogP contribution in [0.2, 0.25) is 0 Å². The number of aryl methyl sites for hydroxylation is 2. The van der Waals surface area contributed by atoms with E-state index in [0.717, 1.165) is 27.9 Å². The molecular formula is C27H27N3O5. The van der Waals surface area contributed by atoms with Crippen LogP contribution in [0.25, 0.3) is 22.7 Å². The average Bonchev–Trinajstić information content (AvgIpc) is 3.35. The Morgan fingerprint density at radius 2 is 1.49 bits per heavy atom. The van der Waals surface area contributed by atoms with Crippen molar-refractivity contribution in [3.05, 3.63) is 72.0 Å². The van der Waals surface area contributed by atoms with Crippen LogP contribution in [0.4, 0.5) is 16.2 Å². The second kappa shape index (κ2) is 10.2. The van der Waals surface area contributed by atoms with Gasteiger partial charge in [0.25, 0.3) is 0 Å². The number of rotatable bonds is 7. The molecule has 0 aliphatic rings. The Hall–Kier alpha value is -4.46. The normalized spacial score (nSPS) is 10.5. The second-order valence-electron chi connectivity index (χ2n) is 7.93. The molecule has 180 valence electrons. The molecule has 0 saturated carbocycles. The Balaban J connectivity index is 1.45. The number of anilines is 2. The maximum absolute atomic E-state index is 12.5. The van der Waals surface area contributed by atoms with Gasteiger partial charge in [-0.2, -0.15) is 0 Å². The van der Waals surface area contributed by atoms with Gasteiger partial charge in [-0.25, -0.2) is 9.78 Å². The maximum atomic E-state index is 12.5. The van der Waals surface area contributed by atoms with Gasteiger partial charge >= 0.3 is 6.03 Å². The van der Waals surface area contributed by atoms with E-state index in [1.807, 2.05) is 26.0 Å². The minimum absolute atomic E-state index is 0.416. The quantitative estimate of drug-likeness (QED) is 0.327. The third kappa shape index (κ3) is 5.22. The summed E-state index contributed by atoms with van der Waals surface area (Å²) in [5.74, 6) is 1.84. The Morgan fingerprint density at radius 3 is 2.11 bits per heavy atom. The summed E-state index contributed by atoms with van der Waals surface area (Å²) in [6, 6.07) is 16.4. The zero-order valence-corrected chi connectivity index (χ0v) is 20.3. The van der Waals surface area contributed by atoms with Gasteiger partial charge in [-0.05, 0) is 49.7 Å². The lowest BCUT2D eigenvalue weighted by molar-refractivity contribution is 0.262. The summed E-state index contributed by atoms with van der Waals surface area (Å²) in [6.07, 6.45) is 1.66. The Kier molecular flexibility index (Phi) is 6.91. The van der Waals surface area contributed by atoms with Crippen molar-refractivity contribution in [2.45, 2.75) is 13.8 Å². The molecule has 0 bridgehead atoms. The highest BCUT2D eigenvalue weighted by Gasteiger charge is 2.15. The van der Waals surface area contributed by atoms with Crippen LogP contribution in [-0.2, 0) is 0 Å². The van der Waals surface area contributed by atoms with Gasteiger partial charge in [0.15, 0.2) is 11.5 Å². The van der Waals surface area contributed by atoms with Crippen LogP contribution in [0, 0.1) is 13.8 Å². The van der Waals surface area contributed by atoms with E-state index in [4.69, 9.17) is 18.6 Å². The minimum atomic E-state index is -0.416. The highest BCUT2D eigenvalue weighted by Crippen LogP contribution is 2.40. The summed E-state index contributed by atoms with van der Waals surface area (Å²) in [5.41, 5.74) is 6.03. The van der Waals surface area contributed by atoms with Crippen LogP contribution in [0.1, 0.15) is 11.1 Å². The van der Waals surface area contributed by atoms with Crippen molar-refractivity contribution in [2.24, 2.45) is 0 Å². The molecule has 1 heterocycles. The fraction of sp³-hybridized carbons (Fsp3) is 0.185. The molecule has 0 unspecified atom stereocenters. The van der Waals surface area contributed by atoms with E-state index in [2.05, 4.69) is 33.8 Å². The monoisotopic (exact) mass is 473 g/mol. The number of nitrogens with one attached hydrogen (secondary N) is 2. The minimum Gasteiger partial charge on any atom is -0.493 e. The van der Waals surface area contributed by atoms with Crippen LogP contribution in [0.5, 0.6) is 17.2 Å². The number of carbonyl (C=O) groups excluding carboxylic acids is 1. The molecule has 3 aromatic carbocycles. The van der Waals surface area contributed by atoms with Gasteiger partial charge in [-0.3, -0.25) is 0 Å². The number of hydrogen-bond donors (Lipinski definition) is 2. The summed E-state index contributed by atoms with van der Waals surface area (Å²) in [5, 5.41) is 5.58. The topological polar surface area (TPSA) is 94.9 Å². The molecule has 4 rings (SSSR count). The third-order valence-corrected chi connectivity index (χ3v) is 5.49. The maximum Gasteiger partial charge on any atom is 0.323 e. The lowest BCUT2D eigenvalue weighted by Crippen LogP contribution is -2.19. The lowest BCUT2D eigenvalue weighted by Gasteiger charge is -2.15. The largest absolute Gasteiger partial charge is 0.493 e. The lowest BCUT2D eigenvalue weighted by atomic mass is 10.0. The van der Waals surface area contributed by atoms with E-state index in [-0.39, 0.29) is 0 Å². The van der Waals surface area contributed by atoms with Gasteiger partial charge in [-0.15, -0.1) is 0 Å². The first-order chi connectivity index (χ1) is 16.9. The Labute approximate surface area is 203 Å². The van der Waals surface area contributed by atoms with E-state index < -0.39 is 6.03 Å². The molecule has 8 nitrogen and oxygen atoms in total. The smallest absolute Gasteiger partial charge is 0.323 e. The van der Waals surface area contributed by atoms with Crippen molar-refractivity contribution in [3.63, 3.8) is 0 Å². The van der Waals surface area contributed by atoms with Crippen molar-refractivity contribution >= 4 is 17.4 Å². The standard InChI is InChI=1S/C27H27N3O5/c1-16-6-7-17(2)21(12-16)22-15-35-26(30-22)18-8-10-19(11-9-18)28-27(31)29-20-13-23(32-3)25(34-5)24(14-20)33-4/h6-15H,1-5H3,(H2,28,29,31). The first-order valence-corrected chi connectivity index (χ1v) is 10.9. The van der Waals surface area contributed by atoms with Crippen molar-refractivity contribution in [3.8, 4) is 40.0 Å². The highest BCUT2D eigenvalue weighted by atomic mass is 16.5. The van der Waals surface area contributed by atoms with E-state index in [1.54, 1.807) is 30.5 Å². The van der Waals surface area contributed by atoms with Crippen LogP contribution in [-0.4, -0.2) is 32.3 Å². The number of nitrogens with zero attached hydrogens (tertiary/aromatic N) is 1. The second-order valence-corrected chi connectivity index (χ2v) is 7.93. The Bertz CT molecular complexity index is 1320. The predicted octanol–water partition coefficient (Wildman–Crippen LogP) is 6.30. The van der Waals surface area contributed by atoms with E-state index in [9.17, 15) is 4.79 Å². The molecule has 8 heteroatoms. The number of carbonyl (C=O) groups is 1. The van der Waals surface area contributed by atoms with Gasteiger partial charge in [0, 0.05) is 28.9 Å². The number of urea groups is 1. The van der Waals surface area contributed by atoms with Crippen molar-refractivity contribution in [1.29, 1.82) is 0 Å². The number of methoxy groups -OCH3 is 3. The number of aromatic nitrogens is 1. The summed E-state index contributed by atoms with van der Waals surface area (Å²) in [7, 11) is 4.55. The summed E-state index contributed by atoms with van der Waals surface area (Å²) in [4.78, 5) is 17.2. The van der Waals surface area contributed by atoms with Gasteiger partial charge in [0.05, 0.1) is 27.0 Å². The number of oxazole rings is 1. The van der Waals surface area contributed by atoms with Gasteiger partial charge in [0.1, 0.15) is 12.0 Å². The highest BCUT2D eigenvalue weighted by molar-refractivity contribution is 6.00. The van der Waals surface area contributed by atoms with Crippen LogP contribution in [0.15, 0.2) is 65.3 Å². The number of ether oxygens (including phenoxy) is 3. The molecule has 0 aliphatic heterocycles. The summed E-state index contributed by atoms with van der Waals surface area (Å²) < 4.78 is 21.7. The van der Waals surface area contributed by atoms with Crippen molar-refractivity contribution in [2.75, 3.05) is 32.0 Å². The zero-order chi connectivity index (χ0) is 24.9. The van der Waals surface area contributed by atoms with E-state index in [1.165, 1.54) is 21.3 Å². The van der Waals surface area contributed by atoms with Gasteiger partial charge in [0.2, 0.25) is 11.6 Å². The fourth-order valence-corrected chi connectivity index (χ4v) is 3.68. The molecule has 0 saturated heterocycles. The first kappa shape index (κ1) is 23.7. The molecule has 0 radical (unpaired) electrons. The number of hydrogen-bond acceptors (Lipinski definition) is 6. The molecule has 35 heavy (non-hydrogen) atoms. The molecule has 2 N–H and O–H groups in total. The molecular weight excluding hydrogens is 446 g/mol. The average molecular weight is 474 g/mol. The molecule has 0 spiro atoms. The van der Waals surface area contributed by atoms with Crippen LogP contribution >= 0.6 is 0 Å². The van der Waals surface area contributed by atoms with Gasteiger partial charge < -0.3 is 29.3 Å². The van der Waals surface area contributed by atoms with E-state index in [0.29, 0.717) is 34.5 Å². The first-order valence-electron chi connectivity index (χ1n) is 10.9. The summed E-state index contributed by atoms with van der Waals surface area (Å²) >= 11 is 0. The van der Waals surface area contributed by atoms with Crippen LogP contribution < -0.4 is 24.8 Å². The number of benzene rings is 3. The number of amides is 2. The van der Waals surface area contributed by atoms with E-state index >= 15 is 0 Å². The van der Waals surface area contributed by atoms with Crippen molar-refractivity contribution in [1.82, 2.24) is 4.98 Å². The molecule has 2 amide bonds. The third-order valence-electron chi connectivity index (χ3n) is 5.49. The SMILES string of the molecule is COc1cc(NC(=O)Nc2ccc(-c3nc(-c4cc(C)ccc4C)co3)cc2)cc(OC)c1OC.